The minimum atomic E-state index is -0.199. The van der Waals surface area contributed by atoms with Crippen molar-refractivity contribution >= 4 is 34.4 Å². The number of pyridine rings is 1. The molecule has 0 spiro atoms. The Hall–Kier alpha value is -4.57. The maximum absolute atomic E-state index is 13.2. The number of likely N-dealkylation sites (tertiary alicyclic amines) is 1. The van der Waals surface area contributed by atoms with Gasteiger partial charge in [0.2, 0.25) is 5.91 Å². The third-order valence-electron chi connectivity index (χ3n) is 6.56. The van der Waals surface area contributed by atoms with E-state index < -0.39 is 0 Å². The molecule has 3 aromatic heterocycles. The Morgan fingerprint density at radius 1 is 1.13 bits per heavy atom. The van der Waals surface area contributed by atoms with E-state index in [9.17, 15) is 9.59 Å². The Balaban J connectivity index is 1.19. The van der Waals surface area contributed by atoms with Gasteiger partial charge >= 0.3 is 0 Å². The summed E-state index contributed by atoms with van der Waals surface area (Å²) < 4.78 is 0. The van der Waals surface area contributed by atoms with E-state index in [1.165, 1.54) is 6.08 Å². The summed E-state index contributed by atoms with van der Waals surface area (Å²) in [7, 11) is 3.88. The van der Waals surface area contributed by atoms with Gasteiger partial charge in [-0.3, -0.25) is 9.59 Å². The summed E-state index contributed by atoms with van der Waals surface area (Å²) in [5.41, 5.74) is 3.78. The number of nitrogens with zero attached hydrogens (tertiary/aromatic N) is 5. The molecular weight excluding hydrogens is 492 g/mol. The Kier molecular flexibility index (Phi) is 7.93. The lowest BCUT2D eigenvalue weighted by Crippen LogP contribution is -2.45. The minimum Gasteiger partial charge on any atom is -0.365 e. The molecule has 1 atom stereocenters. The van der Waals surface area contributed by atoms with Crippen LogP contribution in [0.25, 0.3) is 22.3 Å². The maximum atomic E-state index is 13.2. The Labute approximate surface area is 227 Å². The van der Waals surface area contributed by atoms with Crippen molar-refractivity contribution in [2.45, 2.75) is 18.9 Å². The largest absolute Gasteiger partial charge is 0.365 e. The predicted molar refractivity (Wildman–Crippen MR) is 152 cm³/mol. The first-order chi connectivity index (χ1) is 18.9. The summed E-state index contributed by atoms with van der Waals surface area (Å²) in [6.07, 6.45) is 10.3. The Morgan fingerprint density at radius 3 is 2.79 bits per heavy atom. The fourth-order valence-corrected chi connectivity index (χ4v) is 4.60. The highest BCUT2D eigenvalue weighted by Crippen LogP contribution is 2.23. The number of piperidine rings is 1. The molecule has 1 saturated heterocycles. The van der Waals surface area contributed by atoms with Crippen LogP contribution in [0.4, 0.5) is 11.5 Å². The smallest absolute Gasteiger partial charge is 0.253 e. The SMILES string of the molecule is CN(C)C/C=C/C(=O)Nc1ccc(C(=O)N2CCCC(Nc3cc(-c4cnc5[nH]ccc5c4)ncn3)C2)cc1. The number of amides is 2. The zero-order chi connectivity index (χ0) is 27.2. The first-order valence-electron chi connectivity index (χ1n) is 13.0. The molecule has 1 aliphatic heterocycles. The van der Waals surface area contributed by atoms with Gasteiger partial charge in [0.25, 0.3) is 5.91 Å². The molecule has 10 nitrogen and oxygen atoms in total. The number of nitrogens with one attached hydrogen (secondary N) is 3. The minimum absolute atomic E-state index is 0.0282. The van der Waals surface area contributed by atoms with Gasteiger partial charge in [-0.2, -0.15) is 0 Å². The fraction of sp³-hybridized carbons (Fsp3) is 0.276. The van der Waals surface area contributed by atoms with Gasteiger partial charge in [0.1, 0.15) is 17.8 Å². The van der Waals surface area contributed by atoms with E-state index in [1.807, 2.05) is 48.3 Å². The molecule has 4 aromatic rings. The zero-order valence-corrected chi connectivity index (χ0v) is 22.1. The molecule has 1 unspecified atom stereocenters. The standard InChI is InChI=1S/C29H32N8O2/c1-36(2)13-4-6-27(38)35-23-9-7-20(8-10-23)29(39)37-14-3-5-24(18-37)34-26-16-25(32-19-33-26)22-15-21-11-12-30-28(21)31-17-22/h4,6-12,15-17,19,24H,3,5,13-14,18H2,1-2H3,(H,30,31)(H,35,38)(H,32,33,34)/b6-4+. The van der Waals surface area contributed by atoms with Gasteiger partial charge in [-0.25, -0.2) is 15.0 Å². The molecule has 5 rings (SSSR count). The number of carbonyl (C=O) groups excluding carboxylic acids is 2. The zero-order valence-electron chi connectivity index (χ0n) is 22.1. The molecule has 1 aromatic carbocycles. The maximum Gasteiger partial charge on any atom is 0.253 e. The monoisotopic (exact) mass is 524 g/mol. The second-order valence-electron chi connectivity index (χ2n) is 9.89. The van der Waals surface area contributed by atoms with Crippen LogP contribution in [-0.2, 0) is 4.79 Å². The van der Waals surface area contributed by atoms with Crippen LogP contribution < -0.4 is 10.6 Å². The molecule has 4 heterocycles. The number of likely N-dealkylation sites (N-methyl/N-ethyl adjacent to an activating group) is 1. The second kappa shape index (κ2) is 11.9. The summed E-state index contributed by atoms with van der Waals surface area (Å²) in [5, 5.41) is 7.33. The third-order valence-corrected chi connectivity index (χ3v) is 6.56. The number of benzene rings is 1. The summed E-state index contributed by atoms with van der Waals surface area (Å²) in [6, 6.07) is 13.0. The lowest BCUT2D eigenvalue weighted by atomic mass is 10.0. The molecule has 0 bridgehead atoms. The van der Waals surface area contributed by atoms with Crippen LogP contribution >= 0.6 is 0 Å². The van der Waals surface area contributed by atoms with E-state index in [0.717, 1.165) is 35.1 Å². The predicted octanol–water partition coefficient (Wildman–Crippen LogP) is 3.79. The number of aromatic nitrogens is 4. The van der Waals surface area contributed by atoms with Crippen LogP contribution in [0.1, 0.15) is 23.2 Å². The van der Waals surface area contributed by atoms with Gasteiger partial charge in [0.05, 0.1) is 5.69 Å². The average Bonchev–Trinajstić information content (AvgIpc) is 3.41. The lowest BCUT2D eigenvalue weighted by Gasteiger charge is -2.33. The topological polar surface area (TPSA) is 119 Å². The molecule has 0 aliphatic carbocycles. The highest BCUT2D eigenvalue weighted by Gasteiger charge is 2.25. The first kappa shape index (κ1) is 26.1. The van der Waals surface area contributed by atoms with Crippen LogP contribution in [0.3, 0.4) is 0 Å². The summed E-state index contributed by atoms with van der Waals surface area (Å²) >= 11 is 0. The molecule has 10 heteroatoms. The van der Waals surface area contributed by atoms with Crippen molar-refractivity contribution in [2.75, 3.05) is 44.4 Å². The van der Waals surface area contributed by atoms with Crippen molar-refractivity contribution in [3.8, 4) is 11.3 Å². The van der Waals surface area contributed by atoms with Crippen LogP contribution in [0.5, 0.6) is 0 Å². The summed E-state index contributed by atoms with van der Waals surface area (Å²) in [6.45, 7) is 1.96. The summed E-state index contributed by atoms with van der Waals surface area (Å²) in [5.74, 6) is 0.489. The van der Waals surface area contributed by atoms with Crippen LogP contribution in [0.15, 0.2) is 73.3 Å². The third kappa shape index (κ3) is 6.66. The molecule has 1 fully saturated rings. The number of anilines is 2. The normalized spacial score (nSPS) is 15.7. The number of hydrogen-bond donors (Lipinski definition) is 3. The van der Waals surface area contributed by atoms with Crippen LogP contribution in [0, 0.1) is 0 Å². The van der Waals surface area contributed by atoms with Gasteiger partial charge in [0.15, 0.2) is 0 Å². The second-order valence-corrected chi connectivity index (χ2v) is 9.89. The number of H-pyrrole nitrogens is 1. The van der Waals surface area contributed by atoms with E-state index in [4.69, 9.17) is 0 Å². The number of hydrogen-bond acceptors (Lipinski definition) is 7. The van der Waals surface area contributed by atoms with Crippen LogP contribution in [-0.4, -0.2) is 81.3 Å². The van der Waals surface area contributed by atoms with Gasteiger partial charge in [-0.15, -0.1) is 0 Å². The van der Waals surface area contributed by atoms with Gasteiger partial charge in [-0.05, 0) is 63.3 Å². The molecule has 1 aliphatic rings. The Bertz CT molecular complexity index is 1480. The lowest BCUT2D eigenvalue weighted by molar-refractivity contribution is -0.111. The molecule has 0 radical (unpaired) electrons. The first-order valence-corrected chi connectivity index (χ1v) is 13.0. The quantitative estimate of drug-likeness (QED) is 0.300. The molecule has 3 N–H and O–H groups in total. The van der Waals surface area contributed by atoms with E-state index in [2.05, 4.69) is 30.6 Å². The highest BCUT2D eigenvalue weighted by molar-refractivity contribution is 6.00. The molecular formula is C29H32N8O2. The van der Waals surface area contributed by atoms with Gasteiger partial charge in [0, 0.05) is 72.4 Å². The van der Waals surface area contributed by atoms with Crippen molar-refractivity contribution in [1.29, 1.82) is 0 Å². The highest BCUT2D eigenvalue weighted by atomic mass is 16.2. The number of fused-ring (bicyclic) bond motifs is 1. The van der Waals surface area contributed by atoms with Crippen molar-refractivity contribution in [1.82, 2.24) is 29.7 Å². The van der Waals surface area contributed by atoms with Crippen LogP contribution in [0.2, 0.25) is 0 Å². The fourth-order valence-electron chi connectivity index (χ4n) is 4.60. The summed E-state index contributed by atoms with van der Waals surface area (Å²) in [4.78, 5) is 45.5. The van der Waals surface area contributed by atoms with Crippen molar-refractivity contribution in [3.63, 3.8) is 0 Å². The van der Waals surface area contributed by atoms with E-state index >= 15 is 0 Å². The molecule has 200 valence electrons. The van der Waals surface area contributed by atoms with E-state index in [1.54, 1.807) is 42.9 Å². The molecule has 2 amide bonds. The average molecular weight is 525 g/mol. The molecule has 39 heavy (non-hydrogen) atoms. The van der Waals surface area contributed by atoms with E-state index in [-0.39, 0.29) is 17.9 Å². The van der Waals surface area contributed by atoms with Gasteiger partial charge < -0.3 is 25.4 Å². The van der Waals surface area contributed by atoms with Crippen molar-refractivity contribution in [3.05, 3.63) is 78.9 Å². The van der Waals surface area contributed by atoms with E-state index in [0.29, 0.717) is 36.7 Å². The number of aromatic amines is 1. The number of carbonyl (C=O) groups is 2. The van der Waals surface area contributed by atoms with Crippen molar-refractivity contribution < 1.29 is 9.59 Å². The Morgan fingerprint density at radius 2 is 1.97 bits per heavy atom. The molecule has 0 saturated carbocycles. The van der Waals surface area contributed by atoms with Gasteiger partial charge in [-0.1, -0.05) is 6.08 Å². The number of rotatable bonds is 8. The van der Waals surface area contributed by atoms with Crippen molar-refractivity contribution in [2.24, 2.45) is 0 Å².